The van der Waals surface area contributed by atoms with Gasteiger partial charge in [-0.05, 0) is 147 Å². The molecule has 0 radical (unpaired) electrons. The molecule has 2 fully saturated rings. The van der Waals surface area contributed by atoms with Gasteiger partial charge in [0.25, 0.3) is 0 Å². The van der Waals surface area contributed by atoms with E-state index in [0.717, 1.165) is 18.3 Å². The molecule has 0 saturated heterocycles. The summed E-state index contributed by atoms with van der Waals surface area (Å²) in [6.07, 6.45) is 15.8. The monoisotopic (exact) mass is 542 g/mol. The van der Waals surface area contributed by atoms with Gasteiger partial charge in [0, 0.05) is 12.2 Å². The summed E-state index contributed by atoms with van der Waals surface area (Å²) < 4.78 is 5.48. The number of aryl methyl sites for hydroxylation is 3. The Morgan fingerprint density at radius 1 is 0.925 bits per heavy atom. The molecule has 2 aromatic carbocycles. The van der Waals surface area contributed by atoms with Gasteiger partial charge in [0.15, 0.2) is 0 Å². The summed E-state index contributed by atoms with van der Waals surface area (Å²) in [5, 5.41) is 9.60. The summed E-state index contributed by atoms with van der Waals surface area (Å²) in [6.45, 7) is 8.22. The average molecular weight is 543 g/mol. The Balaban J connectivity index is 1.13. The number of aliphatic hydroxyl groups excluding tert-OH is 1. The highest BCUT2D eigenvalue weighted by atomic mass is 16.5. The maximum absolute atomic E-state index is 11.9. The van der Waals surface area contributed by atoms with Gasteiger partial charge in [-0.25, -0.2) is 4.79 Å². The Labute approximate surface area is 242 Å². The lowest BCUT2D eigenvalue weighted by atomic mass is 9.66. The first-order chi connectivity index (χ1) is 19.5. The van der Waals surface area contributed by atoms with E-state index < -0.39 is 0 Å². The van der Waals surface area contributed by atoms with Crippen LogP contribution in [-0.2, 0) is 28.8 Å². The van der Waals surface area contributed by atoms with Crippen molar-refractivity contribution in [1.29, 1.82) is 0 Å². The quantitative estimate of drug-likeness (QED) is 0.241. The predicted octanol–water partition coefficient (Wildman–Crippen LogP) is 8.60. The van der Waals surface area contributed by atoms with Gasteiger partial charge in [0.1, 0.15) is 0 Å². The lowest BCUT2D eigenvalue weighted by Gasteiger charge is -2.40. The maximum Gasteiger partial charge on any atom is 0.333 e. The van der Waals surface area contributed by atoms with Crippen molar-refractivity contribution in [2.24, 2.45) is 23.7 Å². The molecule has 40 heavy (non-hydrogen) atoms. The summed E-state index contributed by atoms with van der Waals surface area (Å²) in [4.78, 5) is 11.9. The maximum atomic E-state index is 11.9. The second-order valence-electron chi connectivity index (χ2n) is 13.1. The zero-order valence-corrected chi connectivity index (χ0v) is 24.9. The molecule has 216 valence electrons. The van der Waals surface area contributed by atoms with Crippen molar-refractivity contribution in [2.45, 2.75) is 103 Å². The molecule has 0 spiro atoms. The average Bonchev–Trinajstić information content (AvgIpc) is 2.99. The zero-order chi connectivity index (χ0) is 28.1. The van der Waals surface area contributed by atoms with Gasteiger partial charge in [0.2, 0.25) is 0 Å². The minimum absolute atomic E-state index is 0.161. The van der Waals surface area contributed by atoms with Crippen molar-refractivity contribution < 1.29 is 14.6 Å². The molecule has 1 N–H and O–H groups in total. The van der Waals surface area contributed by atoms with E-state index in [1.165, 1.54) is 99.3 Å². The molecule has 0 amide bonds. The number of fused-ring (bicyclic) bond motifs is 3. The van der Waals surface area contributed by atoms with Crippen molar-refractivity contribution in [3.8, 4) is 11.1 Å². The summed E-state index contributed by atoms with van der Waals surface area (Å²) in [7, 11) is 0. The Kier molecular flexibility index (Phi) is 9.84. The topological polar surface area (TPSA) is 46.5 Å². The molecule has 0 aliphatic heterocycles. The molecule has 1 unspecified atom stereocenters. The molecule has 1 atom stereocenters. The highest BCUT2D eigenvalue weighted by molar-refractivity contribution is 5.86. The van der Waals surface area contributed by atoms with Crippen LogP contribution in [-0.4, -0.2) is 24.3 Å². The molecule has 3 nitrogen and oxygen atoms in total. The van der Waals surface area contributed by atoms with Crippen molar-refractivity contribution in [1.82, 2.24) is 0 Å². The van der Waals surface area contributed by atoms with E-state index in [-0.39, 0.29) is 18.5 Å². The van der Waals surface area contributed by atoms with E-state index in [9.17, 15) is 9.90 Å². The van der Waals surface area contributed by atoms with Crippen LogP contribution in [0.25, 0.3) is 11.1 Å². The summed E-state index contributed by atoms with van der Waals surface area (Å²) in [5.41, 5.74) is 9.53. The van der Waals surface area contributed by atoms with Crippen LogP contribution in [0, 0.1) is 23.7 Å². The van der Waals surface area contributed by atoms with E-state index >= 15 is 0 Å². The largest absolute Gasteiger partial charge is 0.462 e. The van der Waals surface area contributed by atoms with Crippen LogP contribution < -0.4 is 0 Å². The second kappa shape index (κ2) is 13.5. The van der Waals surface area contributed by atoms with E-state index in [0.29, 0.717) is 24.0 Å². The normalized spacial score (nSPS) is 25.0. The lowest BCUT2D eigenvalue weighted by molar-refractivity contribution is -0.141. The van der Waals surface area contributed by atoms with Crippen LogP contribution in [0.1, 0.15) is 106 Å². The Morgan fingerprint density at radius 2 is 1.55 bits per heavy atom. The van der Waals surface area contributed by atoms with Gasteiger partial charge in [-0.2, -0.15) is 0 Å². The number of hydrogen-bond donors (Lipinski definition) is 1. The molecule has 2 aromatic rings. The van der Waals surface area contributed by atoms with E-state index in [1.54, 1.807) is 18.1 Å². The van der Waals surface area contributed by atoms with Crippen LogP contribution in [0.2, 0.25) is 0 Å². The molecule has 3 aliphatic carbocycles. The van der Waals surface area contributed by atoms with Gasteiger partial charge in [-0.15, -0.1) is 0 Å². The standard InChI is InChI=1S/C37H50O3/c1-4-5-26-6-18-35-32(22-26)15-16-33-23-31(17-19-36(33)35)29-11-7-27(8-12-29)28-9-13-30(14-10-28)34(20-21-38)24-40-37(39)25(2)3/h6,17-19,22-23,27-30,34,38H,2,4-5,7-16,20-21,24H2,1,3H3. The first-order valence-corrected chi connectivity index (χ1v) is 16.1. The fraction of sp³-hybridized carbons (Fsp3) is 0.595. The van der Waals surface area contributed by atoms with Crippen molar-refractivity contribution in [2.75, 3.05) is 13.2 Å². The minimum Gasteiger partial charge on any atom is -0.462 e. The highest BCUT2D eigenvalue weighted by Crippen LogP contribution is 2.46. The zero-order valence-electron chi connectivity index (χ0n) is 24.9. The molecule has 3 aliphatic rings. The molecule has 5 rings (SSSR count). The number of esters is 1. The van der Waals surface area contributed by atoms with Gasteiger partial charge >= 0.3 is 5.97 Å². The Morgan fingerprint density at radius 3 is 2.17 bits per heavy atom. The van der Waals surface area contributed by atoms with Crippen molar-refractivity contribution in [3.05, 3.63) is 70.8 Å². The van der Waals surface area contributed by atoms with Crippen molar-refractivity contribution in [3.63, 3.8) is 0 Å². The van der Waals surface area contributed by atoms with Crippen LogP contribution in [0.15, 0.2) is 48.6 Å². The van der Waals surface area contributed by atoms with Gasteiger partial charge in [-0.1, -0.05) is 56.3 Å². The predicted molar refractivity (Wildman–Crippen MR) is 164 cm³/mol. The van der Waals surface area contributed by atoms with Gasteiger partial charge in [0.05, 0.1) is 6.61 Å². The molecule has 0 aromatic heterocycles. The number of rotatable bonds is 10. The third kappa shape index (κ3) is 6.73. The molecule has 3 heteroatoms. The fourth-order valence-corrected chi connectivity index (χ4v) is 8.11. The van der Waals surface area contributed by atoms with Crippen LogP contribution in [0.5, 0.6) is 0 Å². The van der Waals surface area contributed by atoms with E-state index in [2.05, 4.69) is 49.9 Å². The first kappa shape index (κ1) is 29.1. The molecule has 0 bridgehead atoms. The SMILES string of the molecule is C=C(C)C(=O)OCC(CCO)C1CCC(C2CCC(c3ccc4c(c3)CCc3cc(CCC)ccc3-4)CC2)CC1. The minimum atomic E-state index is -0.307. The third-order valence-electron chi connectivity index (χ3n) is 10.5. The number of aliphatic hydroxyl groups is 1. The molecular formula is C37H50O3. The van der Waals surface area contributed by atoms with E-state index in [4.69, 9.17) is 4.74 Å². The smallest absolute Gasteiger partial charge is 0.333 e. The summed E-state index contributed by atoms with van der Waals surface area (Å²) in [5.74, 6) is 2.91. The highest BCUT2D eigenvalue weighted by Gasteiger charge is 2.34. The number of ether oxygens (including phenoxy) is 1. The molecule has 2 saturated carbocycles. The van der Waals surface area contributed by atoms with Crippen LogP contribution >= 0.6 is 0 Å². The van der Waals surface area contributed by atoms with Gasteiger partial charge < -0.3 is 9.84 Å². The lowest BCUT2D eigenvalue weighted by Crippen LogP contribution is -2.30. The molecule has 0 heterocycles. The van der Waals surface area contributed by atoms with Crippen molar-refractivity contribution >= 4 is 5.97 Å². The van der Waals surface area contributed by atoms with Crippen LogP contribution in [0.3, 0.4) is 0 Å². The number of carbonyl (C=O) groups excluding carboxylic acids is 1. The van der Waals surface area contributed by atoms with E-state index in [1.807, 2.05) is 0 Å². The second-order valence-corrected chi connectivity index (χ2v) is 13.1. The Hall–Kier alpha value is -2.39. The summed E-state index contributed by atoms with van der Waals surface area (Å²) >= 11 is 0. The fourth-order valence-electron chi connectivity index (χ4n) is 8.11. The van der Waals surface area contributed by atoms with Crippen LogP contribution in [0.4, 0.5) is 0 Å². The number of hydrogen-bond acceptors (Lipinski definition) is 3. The number of benzene rings is 2. The molecular weight excluding hydrogens is 492 g/mol. The third-order valence-corrected chi connectivity index (χ3v) is 10.5. The summed E-state index contributed by atoms with van der Waals surface area (Å²) in [6, 6.07) is 14.6. The number of carbonyl (C=O) groups is 1. The Bertz CT molecular complexity index is 1160. The van der Waals surface area contributed by atoms with Gasteiger partial charge in [-0.3, -0.25) is 0 Å². The first-order valence-electron chi connectivity index (χ1n) is 16.1.